The van der Waals surface area contributed by atoms with E-state index in [1.54, 1.807) is 25.1 Å². The summed E-state index contributed by atoms with van der Waals surface area (Å²) in [5.41, 5.74) is 4.29. The number of hydrogen-bond donors (Lipinski definition) is 3. The molecule has 160 valence electrons. The molecule has 1 aromatic rings. The lowest BCUT2D eigenvalue weighted by Crippen LogP contribution is -2.65. The fourth-order valence-electron chi connectivity index (χ4n) is 5.92. The summed E-state index contributed by atoms with van der Waals surface area (Å²) in [7, 11) is 3.41. The van der Waals surface area contributed by atoms with Crippen molar-refractivity contribution in [2.24, 2.45) is 35.3 Å². The molecule has 3 aliphatic rings. The van der Waals surface area contributed by atoms with E-state index in [1.165, 1.54) is 19.1 Å². The summed E-state index contributed by atoms with van der Waals surface area (Å²) in [4.78, 5) is 54.6. The van der Waals surface area contributed by atoms with Crippen LogP contribution in [0.2, 0.25) is 0 Å². The Morgan fingerprint density at radius 1 is 1.10 bits per heavy atom. The SMILES string of the molecule is CN(C)[C@@H]1C(=O)C(CN)C(=O)[C@H]2C(=O)C3C(=O)c4c(O)cccc4[C@@](C)(O)[C@H]3C[C@H]21. The summed E-state index contributed by atoms with van der Waals surface area (Å²) in [6.45, 7) is 1.32. The summed E-state index contributed by atoms with van der Waals surface area (Å²) in [5.74, 6) is -7.24. The van der Waals surface area contributed by atoms with E-state index < -0.39 is 58.6 Å². The lowest BCUT2D eigenvalue weighted by Gasteiger charge is -2.52. The summed E-state index contributed by atoms with van der Waals surface area (Å²) < 4.78 is 0. The molecule has 4 N–H and O–H groups in total. The molecule has 0 bridgehead atoms. The molecule has 0 amide bonds. The van der Waals surface area contributed by atoms with Crippen molar-refractivity contribution in [3.8, 4) is 5.75 Å². The number of Topliss-reactive ketones (excluding diaryl/α,β-unsaturated/α-hetero) is 4. The van der Waals surface area contributed by atoms with Gasteiger partial charge in [0.05, 0.1) is 35.0 Å². The molecule has 4 rings (SSSR count). The zero-order chi connectivity index (χ0) is 22.1. The largest absolute Gasteiger partial charge is 0.507 e. The first-order chi connectivity index (χ1) is 14.0. The highest BCUT2D eigenvalue weighted by atomic mass is 16.3. The molecular formula is C22H26N2O6. The molecule has 0 spiro atoms. The monoisotopic (exact) mass is 414 g/mol. The second-order valence-corrected chi connectivity index (χ2v) is 9.08. The van der Waals surface area contributed by atoms with E-state index in [-0.39, 0.29) is 35.6 Å². The normalized spacial score (nSPS) is 38.3. The Hall–Kier alpha value is -2.42. The molecule has 7 atom stereocenters. The standard InChI is InChI=1S/C22H26N2O6/c1-22(30)11-5-4-6-13(25)15(11)21(29)16-12(22)7-9-14(20(16)28)18(26)10(8-23)19(27)17(9)24(2)3/h4-6,9-10,12,14,16-17,25,30H,7-8,23H2,1-3H3/t9-,10?,12+,14+,16?,17+,22-/m1/s1. The number of likely N-dealkylation sites (N-methyl/N-ethyl adjacent to an activating group) is 1. The number of nitrogens with two attached hydrogens (primary N) is 1. The minimum Gasteiger partial charge on any atom is -0.507 e. The van der Waals surface area contributed by atoms with Crippen LogP contribution in [0.1, 0.15) is 29.3 Å². The van der Waals surface area contributed by atoms with Gasteiger partial charge in [-0.15, -0.1) is 0 Å². The highest BCUT2D eigenvalue weighted by Gasteiger charge is 2.63. The zero-order valence-corrected chi connectivity index (χ0v) is 17.2. The molecule has 30 heavy (non-hydrogen) atoms. The maximum atomic E-state index is 13.6. The van der Waals surface area contributed by atoms with Gasteiger partial charge in [0.15, 0.2) is 23.1 Å². The summed E-state index contributed by atoms with van der Waals surface area (Å²) in [5, 5.41) is 21.7. The molecule has 2 unspecified atom stereocenters. The average molecular weight is 414 g/mol. The number of carbonyl (C=O) groups is 4. The molecule has 3 aliphatic carbocycles. The first-order valence-corrected chi connectivity index (χ1v) is 10.1. The number of phenolic OH excluding ortho intramolecular Hbond substituents is 1. The Bertz CT molecular complexity index is 968. The van der Waals surface area contributed by atoms with Crippen LogP contribution in [0.5, 0.6) is 5.75 Å². The Kier molecular flexibility index (Phi) is 4.72. The highest BCUT2D eigenvalue weighted by molar-refractivity contribution is 6.23. The van der Waals surface area contributed by atoms with Gasteiger partial charge in [0.1, 0.15) is 5.75 Å². The molecule has 2 fully saturated rings. The van der Waals surface area contributed by atoms with Crippen molar-refractivity contribution in [2.45, 2.75) is 25.0 Å². The van der Waals surface area contributed by atoms with Gasteiger partial charge in [0.25, 0.3) is 0 Å². The Morgan fingerprint density at radius 2 is 1.77 bits per heavy atom. The van der Waals surface area contributed by atoms with Crippen LogP contribution in [0.3, 0.4) is 0 Å². The fourth-order valence-corrected chi connectivity index (χ4v) is 5.92. The van der Waals surface area contributed by atoms with Crippen LogP contribution >= 0.6 is 0 Å². The third-order valence-electron chi connectivity index (χ3n) is 7.29. The van der Waals surface area contributed by atoms with E-state index in [0.717, 1.165) is 0 Å². The molecule has 0 radical (unpaired) electrons. The topological polar surface area (TPSA) is 138 Å². The number of hydrogen-bond acceptors (Lipinski definition) is 8. The molecular weight excluding hydrogens is 388 g/mol. The zero-order valence-electron chi connectivity index (χ0n) is 17.2. The van der Waals surface area contributed by atoms with E-state index in [0.29, 0.717) is 0 Å². The first-order valence-electron chi connectivity index (χ1n) is 10.1. The van der Waals surface area contributed by atoms with Crippen molar-refractivity contribution in [3.05, 3.63) is 29.3 Å². The fraction of sp³-hybridized carbons (Fsp3) is 0.545. The first kappa shape index (κ1) is 20.8. The van der Waals surface area contributed by atoms with Crippen LogP contribution in [0.15, 0.2) is 18.2 Å². The van der Waals surface area contributed by atoms with E-state index in [2.05, 4.69) is 0 Å². The Labute approximate surface area is 174 Å². The number of ketones is 4. The number of aliphatic hydroxyl groups is 1. The summed E-state index contributed by atoms with van der Waals surface area (Å²) in [6, 6.07) is 3.72. The van der Waals surface area contributed by atoms with E-state index in [4.69, 9.17) is 5.73 Å². The van der Waals surface area contributed by atoms with Crippen molar-refractivity contribution in [3.63, 3.8) is 0 Å². The van der Waals surface area contributed by atoms with Crippen LogP contribution in [0.4, 0.5) is 0 Å². The molecule has 2 saturated carbocycles. The number of benzene rings is 1. The van der Waals surface area contributed by atoms with Crippen LogP contribution in [-0.4, -0.2) is 64.9 Å². The molecule has 0 heterocycles. The van der Waals surface area contributed by atoms with Gasteiger partial charge in [-0.2, -0.15) is 0 Å². The third kappa shape index (κ3) is 2.57. The smallest absolute Gasteiger partial charge is 0.177 e. The lowest BCUT2D eigenvalue weighted by molar-refractivity contribution is -0.161. The predicted molar refractivity (Wildman–Crippen MR) is 106 cm³/mol. The Morgan fingerprint density at radius 3 is 2.37 bits per heavy atom. The maximum Gasteiger partial charge on any atom is 0.177 e. The van der Waals surface area contributed by atoms with Gasteiger partial charge in [-0.1, -0.05) is 12.1 Å². The van der Waals surface area contributed by atoms with Crippen LogP contribution in [0.25, 0.3) is 0 Å². The van der Waals surface area contributed by atoms with Crippen molar-refractivity contribution in [2.75, 3.05) is 20.6 Å². The van der Waals surface area contributed by atoms with Crippen LogP contribution < -0.4 is 5.73 Å². The van der Waals surface area contributed by atoms with Crippen LogP contribution in [-0.2, 0) is 20.0 Å². The van der Waals surface area contributed by atoms with Gasteiger partial charge in [-0.25, -0.2) is 0 Å². The predicted octanol–water partition coefficient (Wildman–Crippen LogP) is -0.109. The number of fused-ring (bicyclic) bond motifs is 3. The van der Waals surface area contributed by atoms with Crippen molar-refractivity contribution >= 4 is 23.1 Å². The number of nitrogens with zero attached hydrogens (tertiary/aromatic N) is 1. The minimum atomic E-state index is -1.58. The lowest BCUT2D eigenvalue weighted by atomic mass is 9.51. The summed E-state index contributed by atoms with van der Waals surface area (Å²) in [6.07, 6.45) is 0.159. The number of carbonyl (C=O) groups excluding carboxylic acids is 4. The minimum absolute atomic E-state index is 0.0746. The molecule has 0 aromatic heterocycles. The molecule has 0 saturated heterocycles. The number of aromatic hydroxyl groups is 1. The van der Waals surface area contributed by atoms with Gasteiger partial charge in [-0.3, -0.25) is 24.1 Å². The van der Waals surface area contributed by atoms with Crippen molar-refractivity contribution in [1.29, 1.82) is 0 Å². The second-order valence-electron chi connectivity index (χ2n) is 9.08. The average Bonchev–Trinajstić information content (AvgIpc) is 2.66. The van der Waals surface area contributed by atoms with Gasteiger partial charge in [0.2, 0.25) is 0 Å². The second kappa shape index (κ2) is 6.80. The van der Waals surface area contributed by atoms with Gasteiger partial charge >= 0.3 is 0 Å². The Balaban J connectivity index is 1.88. The van der Waals surface area contributed by atoms with E-state index in [1.807, 2.05) is 0 Å². The molecule has 0 aliphatic heterocycles. The molecule has 1 aromatic carbocycles. The van der Waals surface area contributed by atoms with Gasteiger partial charge in [-0.05, 0) is 45.0 Å². The molecule has 8 heteroatoms. The number of rotatable bonds is 2. The van der Waals surface area contributed by atoms with E-state index >= 15 is 0 Å². The van der Waals surface area contributed by atoms with Crippen molar-refractivity contribution in [1.82, 2.24) is 4.90 Å². The summed E-state index contributed by atoms with van der Waals surface area (Å²) >= 11 is 0. The molecule has 8 nitrogen and oxygen atoms in total. The quantitative estimate of drug-likeness (QED) is 0.570. The highest BCUT2D eigenvalue weighted by Crippen LogP contribution is 2.54. The number of phenols is 1. The van der Waals surface area contributed by atoms with Crippen molar-refractivity contribution < 1.29 is 29.4 Å². The third-order valence-corrected chi connectivity index (χ3v) is 7.29. The van der Waals surface area contributed by atoms with Gasteiger partial charge < -0.3 is 15.9 Å². The van der Waals surface area contributed by atoms with Gasteiger partial charge in [0, 0.05) is 12.5 Å². The van der Waals surface area contributed by atoms with Crippen LogP contribution in [0, 0.1) is 29.6 Å². The van der Waals surface area contributed by atoms with E-state index in [9.17, 15) is 29.4 Å². The maximum absolute atomic E-state index is 13.6.